The molecule has 0 spiro atoms. The second-order valence-corrected chi connectivity index (χ2v) is 12.5. The second-order valence-electron chi connectivity index (χ2n) is 12.5. The van der Waals surface area contributed by atoms with Crippen LogP contribution in [0.1, 0.15) is 78.1 Å². The van der Waals surface area contributed by atoms with E-state index in [1.165, 1.54) is 64.2 Å². The van der Waals surface area contributed by atoms with Crippen LogP contribution in [0, 0.1) is 52.8 Å². The molecular formula is C25H38N2O2. The van der Waals surface area contributed by atoms with Gasteiger partial charge < -0.3 is 10.6 Å². The zero-order valence-corrected chi connectivity index (χ0v) is 18.2. The molecule has 160 valence electrons. The van der Waals surface area contributed by atoms with E-state index in [1.54, 1.807) is 0 Å². The predicted molar refractivity (Wildman–Crippen MR) is 112 cm³/mol. The summed E-state index contributed by atoms with van der Waals surface area (Å²) in [6.45, 7) is 3.67. The van der Waals surface area contributed by atoms with Crippen LogP contribution in [0.25, 0.3) is 0 Å². The third-order valence-corrected chi connectivity index (χ3v) is 10.2. The lowest BCUT2D eigenvalue weighted by molar-refractivity contribution is -0.145. The smallest absolute Gasteiger partial charge is 0.235 e. The van der Waals surface area contributed by atoms with E-state index >= 15 is 0 Å². The minimum absolute atomic E-state index is 0.0451. The number of carbonyl (C=O) groups is 2. The Morgan fingerprint density at radius 3 is 1.10 bits per heavy atom. The van der Waals surface area contributed by atoms with Crippen LogP contribution in [-0.2, 0) is 9.59 Å². The molecule has 8 rings (SSSR count). The molecule has 8 fully saturated rings. The fourth-order valence-electron chi connectivity index (χ4n) is 9.09. The highest BCUT2D eigenvalue weighted by molar-refractivity contribution is 6.04. The number of hydrogen-bond donors (Lipinski definition) is 2. The molecule has 0 aromatic heterocycles. The highest BCUT2D eigenvalue weighted by Gasteiger charge is 2.52. The van der Waals surface area contributed by atoms with Crippen LogP contribution in [0.3, 0.4) is 0 Å². The molecule has 0 aliphatic heterocycles. The first kappa shape index (κ1) is 18.7. The van der Waals surface area contributed by atoms with E-state index in [2.05, 4.69) is 10.6 Å². The highest BCUT2D eigenvalue weighted by Crippen LogP contribution is 2.55. The Bertz CT molecular complexity index is 600. The van der Waals surface area contributed by atoms with Crippen molar-refractivity contribution in [2.45, 2.75) is 90.1 Å². The molecule has 8 aliphatic rings. The van der Waals surface area contributed by atoms with Crippen molar-refractivity contribution in [2.24, 2.45) is 52.8 Å². The SMILES string of the molecule is CC(C)(C(=O)NC1C2CC3CC(C2)CC1C3)C(=O)NC1C2CC3CC(C2)CC1C3. The van der Waals surface area contributed by atoms with Crippen LogP contribution in [0.2, 0.25) is 0 Å². The van der Waals surface area contributed by atoms with Gasteiger partial charge in [-0.2, -0.15) is 0 Å². The molecule has 8 saturated carbocycles. The van der Waals surface area contributed by atoms with Gasteiger partial charge in [-0.15, -0.1) is 0 Å². The minimum atomic E-state index is -0.983. The summed E-state index contributed by atoms with van der Waals surface area (Å²) in [4.78, 5) is 26.5. The molecule has 8 bridgehead atoms. The van der Waals surface area contributed by atoms with Crippen molar-refractivity contribution in [3.8, 4) is 0 Å². The summed E-state index contributed by atoms with van der Waals surface area (Å²) in [6, 6.07) is 0.618. The van der Waals surface area contributed by atoms with Crippen LogP contribution in [0.5, 0.6) is 0 Å². The molecule has 0 aromatic carbocycles. The standard InChI is InChI=1S/C25H38N2O2/c1-25(2,23(28)26-21-17-5-13-3-14(7-17)8-18(21)6-13)24(29)27-22-19-9-15-4-16(11-19)12-20(22)10-15/h13-22H,3-12H2,1-2H3,(H,26,28)(H,27,29). The lowest BCUT2D eigenvalue weighted by atomic mass is 9.54. The van der Waals surface area contributed by atoms with E-state index in [0.717, 1.165) is 23.7 Å². The first-order chi connectivity index (χ1) is 13.9. The topological polar surface area (TPSA) is 58.2 Å². The Kier molecular flexibility index (Phi) is 4.17. The van der Waals surface area contributed by atoms with Gasteiger partial charge in [-0.3, -0.25) is 9.59 Å². The zero-order valence-electron chi connectivity index (χ0n) is 18.2. The number of carbonyl (C=O) groups excluding carboxylic acids is 2. The summed E-state index contributed by atoms with van der Waals surface area (Å²) < 4.78 is 0. The molecule has 2 N–H and O–H groups in total. The molecular weight excluding hydrogens is 360 g/mol. The van der Waals surface area contributed by atoms with Crippen molar-refractivity contribution in [2.75, 3.05) is 0 Å². The first-order valence-corrected chi connectivity index (χ1v) is 12.5. The maximum atomic E-state index is 13.3. The molecule has 4 nitrogen and oxygen atoms in total. The molecule has 0 aromatic rings. The average Bonchev–Trinajstić information content (AvgIpc) is 2.66. The van der Waals surface area contributed by atoms with E-state index in [1.807, 2.05) is 13.8 Å². The maximum absolute atomic E-state index is 13.3. The van der Waals surface area contributed by atoms with Crippen molar-refractivity contribution in [1.29, 1.82) is 0 Å². The van der Waals surface area contributed by atoms with Gasteiger partial charge in [0, 0.05) is 12.1 Å². The molecule has 2 amide bonds. The van der Waals surface area contributed by atoms with Gasteiger partial charge in [0.15, 0.2) is 0 Å². The molecule has 0 radical (unpaired) electrons. The van der Waals surface area contributed by atoms with E-state index in [4.69, 9.17) is 0 Å². The van der Waals surface area contributed by atoms with Crippen molar-refractivity contribution in [3.05, 3.63) is 0 Å². The van der Waals surface area contributed by atoms with Crippen LogP contribution in [0.15, 0.2) is 0 Å². The summed E-state index contributed by atoms with van der Waals surface area (Å²) in [5.41, 5.74) is -0.983. The number of rotatable bonds is 4. The van der Waals surface area contributed by atoms with Gasteiger partial charge in [0.05, 0.1) is 0 Å². The molecule has 0 atom stereocenters. The fraction of sp³-hybridized carbons (Fsp3) is 0.920. The summed E-state index contributed by atoms with van der Waals surface area (Å²) in [5, 5.41) is 6.77. The van der Waals surface area contributed by atoms with Gasteiger partial charge in [-0.25, -0.2) is 0 Å². The lowest BCUT2D eigenvalue weighted by Crippen LogP contribution is -2.61. The Hall–Kier alpha value is -1.06. The van der Waals surface area contributed by atoms with Gasteiger partial charge in [-0.1, -0.05) is 0 Å². The van der Waals surface area contributed by atoms with Crippen molar-refractivity contribution in [3.63, 3.8) is 0 Å². The second kappa shape index (κ2) is 6.47. The average molecular weight is 399 g/mol. The monoisotopic (exact) mass is 398 g/mol. The Balaban J connectivity index is 1.11. The Morgan fingerprint density at radius 1 is 0.552 bits per heavy atom. The lowest BCUT2D eigenvalue weighted by Gasteiger charge is -2.55. The van der Waals surface area contributed by atoms with Crippen molar-refractivity contribution in [1.82, 2.24) is 10.6 Å². The highest BCUT2D eigenvalue weighted by atomic mass is 16.2. The zero-order chi connectivity index (χ0) is 19.9. The number of amides is 2. The number of hydrogen-bond acceptors (Lipinski definition) is 2. The largest absolute Gasteiger partial charge is 0.352 e. The summed E-state index contributed by atoms with van der Waals surface area (Å²) >= 11 is 0. The summed E-state index contributed by atoms with van der Waals surface area (Å²) in [5.74, 6) is 6.12. The molecule has 29 heavy (non-hydrogen) atoms. The third-order valence-electron chi connectivity index (χ3n) is 10.2. The first-order valence-electron chi connectivity index (χ1n) is 12.5. The van der Waals surface area contributed by atoms with Crippen LogP contribution in [0.4, 0.5) is 0 Å². The third kappa shape index (κ3) is 2.98. The van der Waals surface area contributed by atoms with Gasteiger partial charge in [0.2, 0.25) is 11.8 Å². The summed E-state index contributed by atoms with van der Waals surface area (Å²) in [7, 11) is 0. The van der Waals surface area contributed by atoms with Crippen molar-refractivity contribution < 1.29 is 9.59 Å². The van der Waals surface area contributed by atoms with Gasteiger partial charge >= 0.3 is 0 Å². The van der Waals surface area contributed by atoms with Crippen LogP contribution in [-0.4, -0.2) is 23.9 Å². The Labute approximate surface area is 175 Å². The normalized spacial score (nSPS) is 49.3. The van der Waals surface area contributed by atoms with Gasteiger partial charge in [0.25, 0.3) is 0 Å². The fourth-order valence-corrected chi connectivity index (χ4v) is 9.09. The predicted octanol–water partition coefficient (Wildman–Crippen LogP) is 3.89. The van der Waals surface area contributed by atoms with Gasteiger partial charge in [-0.05, 0) is 125 Å². The number of nitrogens with one attached hydrogen (secondary N) is 2. The van der Waals surface area contributed by atoms with E-state index < -0.39 is 5.41 Å². The minimum Gasteiger partial charge on any atom is -0.352 e. The van der Waals surface area contributed by atoms with E-state index in [-0.39, 0.29) is 11.8 Å². The Morgan fingerprint density at radius 2 is 0.828 bits per heavy atom. The quantitative estimate of drug-likeness (QED) is 0.706. The van der Waals surface area contributed by atoms with Crippen molar-refractivity contribution >= 4 is 11.8 Å². The molecule has 0 heterocycles. The molecule has 0 unspecified atom stereocenters. The van der Waals surface area contributed by atoms with Crippen LogP contribution < -0.4 is 10.6 Å². The van der Waals surface area contributed by atoms with E-state index in [9.17, 15) is 9.59 Å². The molecule has 4 heteroatoms. The van der Waals surface area contributed by atoms with Gasteiger partial charge in [0.1, 0.15) is 5.41 Å². The maximum Gasteiger partial charge on any atom is 0.235 e. The van der Waals surface area contributed by atoms with Crippen LogP contribution >= 0.6 is 0 Å². The van der Waals surface area contributed by atoms with E-state index in [0.29, 0.717) is 35.8 Å². The molecule has 8 aliphatic carbocycles. The summed E-state index contributed by atoms with van der Waals surface area (Å²) in [6.07, 6.45) is 13.2. The molecule has 0 saturated heterocycles.